The van der Waals surface area contributed by atoms with Gasteiger partial charge in [0.2, 0.25) is 0 Å². The van der Waals surface area contributed by atoms with Crippen molar-refractivity contribution >= 4 is 33.5 Å². The fourth-order valence-corrected chi connectivity index (χ4v) is 3.46. The maximum Gasteiger partial charge on any atom is 0.336 e. The summed E-state index contributed by atoms with van der Waals surface area (Å²) in [6.07, 6.45) is 0. The van der Waals surface area contributed by atoms with E-state index in [0.717, 1.165) is 27.7 Å². The number of non-ortho nitro benzene ring substituents is 1. The normalized spacial score (nSPS) is 11.1. The van der Waals surface area contributed by atoms with Crippen LogP contribution in [0.1, 0.15) is 15.9 Å². The van der Waals surface area contributed by atoms with Crippen LogP contribution < -0.4 is 0 Å². The van der Waals surface area contributed by atoms with Gasteiger partial charge in [-0.2, -0.15) is 0 Å². The minimum atomic E-state index is -0.987. The second-order valence-electron chi connectivity index (χ2n) is 6.09. The molecule has 1 heterocycles. The van der Waals surface area contributed by atoms with Crippen LogP contribution in [0.5, 0.6) is 0 Å². The van der Waals surface area contributed by atoms with E-state index in [0.29, 0.717) is 5.39 Å². The average Bonchev–Trinajstić information content (AvgIpc) is 2.96. The van der Waals surface area contributed by atoms with Crippen molar-refractivity contribution in [2.24, 2.45) is 0 Å². The molecule has 128 valence electrons. The van der Waals surface area contributed by atoms with E-state index in [1.54, 1.807) is 18.2 Å². The van der Waals surface area contributed by atoms with E-state index in [4.69, 9.17) is 0 Å². The lowest BCUT2D eigenvalue weighted by molar-refractivity contribution is -0.384. The Balaban J connectivity index is 2.15. The molecule has 3 aromatic carbocycles. The molecule has 0 aliphatic rings. The Morgan fingerprint density at radius 2 is 1.77 bits per heavy atom. The van der Waals surface area contributed by atoms with Crippen molar-refractivity contribution in [2.45, 2.75) is 6.92 Å². The van der Waals surface area contributed by atoms with Crippen LogP contribution in [0.25, 0.3) is 27.5 Å². The molecule has 1 aromatic heterocycles. The molecular weight excluding hydrogens is 332 g/mol. The van der Waals surface area contributed by atoms with E-state index < -0.39 is 10.9 Å². The highest BCUT2D eigenvalue weighted by molar-refractivity contribution is 6.17. The first-order valence-electron chi connectivity index (χ1n) is 8.00. The number of para-hydroxylation sites is 1. The number of aromatic carboxylic acids is 1. The minimum absolute atomic E-state index is 0.0262. The molecule has 0 saturated heterocycles. The Labute approximate surface area is 148 Å². The molecule has 26 heavy (non-hydrogen) atoms. The number of benzene rings is 3. The van der Waals surface area contributed by atoms with Crippen LogP contribution in [0.4, 0.5) is 5.69 Å². The van der Waals surface area contributed by atoms with Gasteiger partial charge in [0.1, 0.15) is 0 Å². The summed E-state index contributed by atoms with van der Waals surface area (Å²) < 4.78 is 1.95. The highest BCUT2D eigenvalue weighted by Gasteiger charge is 2.19. The Hall–Kier alpha value is -3.67. The van der Waals surface area contributed by atoms with Crippen molar-refractivity contribution in [1.82, 2.24) is 4.57 Å². The second kappa shape index (κ2) is 5.70. The summed E-state index contributed by atoms with van der Waals surface area (Å²) in [4.78, 5) is 22.3. The zero-order valence-electron chi connectivity index (χ0n) is 13.8. The fourth-order valence-electron chi connectivity index (χ4n) is 3.46. The summed E-state index contributed by atoms with van der Waals surface area (Å²) >= 11 is 0. The molecule has 0 amide bonds. The molecule has 0 spiro atoms. The largest absolute Gasteiger partial charge is 0.478 e. The molecule has 0 fully saturated rings. The number of hydrogen-bond acceptors (Lipinski definition) is 3. The van der Waals surface area contributed by atoms with Gasteiger partial charge in [0, 0.05) is 28.6 Å². The van der Waals surface area contributed by atoms with Gasteiger partial charge in [-0.15, -0.1) is 0 Å². The van der Waals surface area contributed by atoms with Crippen LogP contribution in [-0.4, -0.2) is 20.6 Å². The number of nitrogens with zero attached hydrogens (tertiary/aromatic N) is 2. The van der Waals surface area contributed by atoms with Crippen molar-refractivity contribution in [3.8, 4) is 5.69 Å². The van der Waals surface area contributed by atoms with Gasteiger partial charge in [-0.3, -0.25) is 10.1 Å². The van der Waals surface area contributed by atoms with E-state index in [1.165, 1.54) is 12.1 Å². The summed E-state index contributed by atoms with van der Waals surface area (Å²) in [7, 11) is 0. The quantitative estimate of drug-likeness (QED) is 0.430. The summed E-state index contributed by atoms with van der Waals surface area (Å²) in [5.41, 5.74) is 3.39. The molecule has 6 heteroatoms. The van der Waals surface area contributed by atoms with Crippen molar-refractivity contribution in [3.05, 3.63) is 81.9 Å². The molecule has 0 saturated carbocycles. The van der Waals surface area contributed by atoms with Gasteiger partial charge < -0.3 is 9.67 Å². The van der Waals surface area contributed by atoms with Crippen molar-refractivity contribution < 1.29 is 14.8 Å². The smallest absolute Gasteiger partial charge is 0.336 e. The van der Waals surface area contributed by atoms with Gasteiger partial charge in [0.05, 0.1) is 21.5 Å². The second-order valence-corrected chi connectivity index (χ2v) is 6.09. The number of nitro benzene ring substituents is 1. The van der Waals surface area contributed by atoms with E-state index in [1.807, 2.05) is 41.8 Å². The van der Waals surface area contributed by atoms with Gasteiger partial charge in [-0.1, -0.05) is 24.3 Å². The molecule has 0 aliphatic carbocycles. The Bertz CT molecular complexity index is 1210. The lowest BCUT2D eigenvalue weighted by Gasteiger charge is -2.11. The van der Waals surface area contributed by atoms with Gasteiger partial charge in [0.15, 0.2) is 0 Å². The number of aromatic nitrogens is 1. The van der Waals surface area contributed by atoms with Crippen LogP contribution >= 0.6 is 0 Å². The highest BCUT2D eigenvalue weighted by Crippen LogP contribution is 2.35. The van der Waals surface area contributed by atoms with Gasteiger partial charge in [0.25, 0.3) is 5.69 Å². The topological polar surface area (TPSA) is 85.4 Å². The molecule has 0 unspecified atom stereocenters. The molecule has 0 radical (unpaired) electrons. The van der Waals surface area contributed by atoms with Crippen LogP contribution in [-0.2, 0) is 0 Å². The van der Waals surface area contributed by atoms with Gasteiger partial charge in [-0.25, -0.2) is 4.79 Å². The predicted octanol–water partition coefficient (Wildman–Crippen LogP) is 4.70. The van der Waals surface area contributed by atoms with Gasteiger partial charge in [-0.05, 0) is 36.8 Å². The summed E-state index contributed by atoms with van der Waals surface area (Å²) in [5, 5.41) is 22.1. The van der Waals surface area contributed by atoms with Crippen LogP contribution in [0, 0.1) is 17.0 Å². The minimum Gasteiger partial charge on any atom is -0.478 e. The first-order chi connectivity index (χ1) is 12.5. The predicted molar refractivity (Wildman–Crippen MR) is 99.1 cm³/mol. The Kier molecular flexibility index (Phi) is 3.47. The van der Waals surface area contributed by atoms with E-state index in [2.05, 4.69) is 0 Å². The van der Waals surface area contributed by atoms with Crippen LogP contribution in [0.2, 0.25) is 0 Å². The Morgan fingerprint density at radius 1 is 1.04 bits per heavy atom. The summed E-state index contributed by atoms with van der Waals surface area (Å²) in [6.45, 7) is 1.81. The standard InChI is InChI=1S/C20H14N2O4/c1-12-11-13(22(25)26)9-10-16(12)21-17-7-3-2-5-14(17)19-15(20(23)24)6-4-8-18(19)21/h2-11H,1H3,(H,23,24). The fraction of sp³-hybridized carbons (Fsp3) is 0.0500. The zero-order valence-corrected chi connectivity index (χ0v) is 13.8. The van der Waals surface area contributed by atoms with E-state index in [-0.39, 0.29) is 11.3 Å². The molecule has 0 aliphatic heterocycles. The lowest BCUT2D eigenvalue weighted by atomic mass is 10.1. The zero-order chi connectivity index (χ0) is 18.4. The monoisotopic (exact) mass is 346 g/mol. The maximum atomic E-state index is 11.7. The van der Waals surface area contributed by atoms with Gasteiger partial charge >= 0.3 is 5.97 Å². The first kappa shape index (κ1) is 15.8. The number of carbonyl (C=O) groups is 1. The average molecular weight is 346 g/mol. The van der Waals surface area contributed by atoms with E-state index in [9.17, 15) is 20.0 Å². The number of nitro groups is 1. The maximum absolute atomic E-state index is 11.7. The van der Waals surface area contributed by atoms with Crippen molar-refractivity contribution in [3.63, 3.8) is 0 Å². The summed E-state index contributed by atoms with van der Waals surface area (Å²) in [6, 6.07) is 17.4. The molecule has 4 aromatic rings. The molecule has 0 atom stereocenters. The SMILES string of the molecule is Cc1cc([N+](=O)[O-])ccc1-n1c2ccccc2c2c(C(=O)O)cccc21. The number of fused-ring (bicyclic) bond motifs is 3. The molecule has 1 N–H and O–H groups in total. The number of aryl methyl sites for hydroxylation is 1. The third-order valence-corrected chi connectivity index (χ3v) is 4.56. The van der Waals surface area contributed by atoms with Crippen LogP contribution in [0.3, 0.4) is 0 Å². The molecule has 6 nitrogen and oxygen atoms in total. The molecule has 4 rings (SSSR count). The van der Waals surface area contributed by atoms with Crippen molar-refractivity contribution in [2.75, 3.05) is 0 Å². The third-order valence-electron chi connectivity index (χ3n) is 4.56. The summed E-state index contributed by atoms with van der Waals surface area (Å²) in [5.74, 6) is -0.987. The molecular formula is C20H14N2O4. The lowest BCUT2D eigenvalue weighted by Crippen LogP contribution is -2.00. The Morgan fingerprint density at radius 3 is 2.46 bits per heavy atom. The number of rotatable bonds is 3. The number of carboxylic acids is 1. The van der Waals surface area contributed by atoms with E-state index >= 15 is 0 Å². The van der Waals surface area contributed by atoms with Crippen molar-refractivity contribution in [1.29, 1.82) is 0 Å². The van der Waals surface area contributed by atoms with Crippen LogP contribution in [0.15, 0.2) is 60.7 Å². The first-order valence-corrected chi connectivity index (χ1v) is 8.00. The number of hydrogen-bond donors (Lipinski definition) is 1. The third kappa shape index (κ3) is 2.23. The number of carboxylic acid groups (broad SMARTS) is 1. The highest BCUT2D eigenvalue weighted by atomic mass is 16.6. The molecule has 0 bridgehead atoms.